The van der Waals surface area contributed by atoms with Gasteiger partial charge in [0.2, 0.25) is 5.91 Å². The van der Waals surface area contributed by atoms with Gasteiger partial charge in [-0.05, 0) is 18.8 Å². The van der Waals surface area contributed by atoms with E-state index in [4.69, 9.17) is 0 Å². The highest BCUT2D eigenvalue weighted by atomic mass is 16.2. The van der Waals surface area contributed by atoms with Crippen LogP contribution in [0, 0.1) is 11.8 Å². The number of carbonyl (C=O) groups is 1. The number of rotatable bonds is 1. The lowest BCUT2D eigenvalue weighted by Gasteiger charge is -2.31. The molecule has 0 heterocycles. The summed E-state index contributed by atoms with van der Waals surface area (Å²) < 4.78 is 0. The van der Waals surface area contributed by atoms with Crippen molar-refractivity contribution >= 4 is 11.6 Å². The molecule has 0 saturated heterocycles. The Kier molecular flexibility index (Phi) is 1.71. The van der Waals surface area contributed by atoms with Crippen LogP contribution in [0.5, 0.6) is 0 Å². The number of nitrogens with one attached hydrogen (secondary N) is 1. The Balaban J connectivity index is 1.92. The number of amides is 1. The molecule has 1 N–H and O–H groups in total. The number of hydrogen-bond donors (Lipinski definition) is 1. The molecule has 0 aromatic heterocycles. The SMILES string of the molecule is CC(=O)N/N=C1/CC2C=CCC12. The first-order valence-corrected chi connectivity index (χ1v) is 4.27. The second kappa shape index (κ2) is 2.73. The van der Waals surface area contributed by atoms with Gasteiger partial charge in [0.1, 0.15) is 0 Å². The number of fused-ring (bicyclic) bond motifs is 1. The van der Waals surface area contributed by atoms with E-state index in [2.05, 4.69) is 22.7 Å². The van der Waals surface area contributed by atoms with E-state index in [0.29, 0.717) is 11.8 Å². The van der Waals surface area contributed by atoms with E-state index < -0.39 is 0 Å². The molecule has 2 aliphatic carbocycles. The van der Waals surface area contributed by atoms with Gasteiger partial charge in [-0.1, -0.05) is 12.2 Å². The molecule has 1 fully saturated rings. The summed E-state index contributed by atoms with van der Waals surface area (Å²) in [7, 11) is 0. The highest BCUT2D eigenvalue weighted by Crippen LogP contribution is 2.39. The Morgan fingerprint density at radius 1 is 1.75 bits per heavy atom. The summed E-state index contributed by atoms with van der Waals surface area (Å²) in [6.07, 6.45) is 6.58. The molecule has 12 heavy (non-hydrogen) atoms. The minimum Gasteiger partial charge on any atom is -0.274 e. The Bertz CT molecular complexity index is 268. The monoisotopic (exact) mass is 164 g/mol. The summed E-state index contributed by atoms with van der Waals surface area (Å²) >= 11 is 0. The first-order valence-electron chi connectivity index (χ1n) is 4.27. The molecule has 3 nitrogen and oxygen atoms in total. The molecule has 3 heteroatoms. The average molecular weight is 164 g/mol. The van der Waals surface area contributed by atoms with Crippen LogP contribution in [0.1, 0.15) is 19.8 Å². The van der Waals surface area contributed by atoms with Gasteiger partial charge >= 0.3 is 0 Å². The summed E-state index contributed by atoms with van der Waals surface area (Å²) in [4.78, 5) is 10.5. The standard InChI is InChI=1S/C9H12N2O/c1-6(12)10-11-9-5-7-3-2-4-8(7)9/h2-3,7-8H,4-5H2,1H3,(H,10,12)/b11-9-. The Morgan fingerprint density at radius 2 is 2.58 bits per heavy atom. The quantitative estimate of drug-likeness (QED) is 0.457. The van der Waals surface area contributed by atoms with Crippen molar-refractivity contribution < 1.29 is 4.79 Å². The van der Waals surface area contributed by atoms with Gasteiger partial charge in [0.05, 0.1) is 0 Å². The third-order valence-corrected chi connectivity index (χ3v) is 2.52. The smallest absolute Gasteiger partial charge is 0.236 e. The third kappa shape index (κ3) is 1.15. The van der Waals surface area contributed by atoms with Gasteiger partial charge in [-0.15, -0.1) is 0 Å². The second-order valence-corrected chi connectivity index (χ2v) is 3.41. The lowest BCUT2D eigenvalue weighted by atomic mass is 9.74. The molecule has 1 saturated carbocycles. The molecule has 2 atom stereocenters. The number of hydrazone groups is 1. The zero-order valence-corrected chi connectivity index (χ0v) is 7.08. The van der Waals surface area contributed by atoms with Crippen LogP contribution >= 0.6 is 0 Å². The van der Waals surface area contributed by atoms with Crippen LogP contribution < -0.4 is 5.43 Å². The van der Waals surface area contributed by atoms with E-state index in [9.17, 15) is 4.79 Å². The number of nitrogens with zero attached hydrogens (tertiary/aromatic N) is 1. The topological polar surface area (TPSA) is 41.5 Å². The number of carbonyl (C=O) groups excluding carboxylic acids is 1. The van der Waals surface area contributed by atoms with E-state index in [-0.39, 0.29) is 5.91 Å². The molecule has 0 aromatic rings. The molecule has 2 unspecified atom stereocenters. The molecule has 2 rings (SSSR count). The van der Waals surface area contributed by atoms with Gasteiger partial charge in [-0.3, -0.25) is 4.79 Å². The minimum atomic E-state index is -0.0862. The van der Waals surface area contributed by atoms with Gasteiger partial charge < -0.3 is 0 Å². The summed E-state index contributed by atoms with van der Waals surface area (Å²) in [6, 6.07) is 0. The average Bonchev–Trinajstić information content (AvgIpc) is 2.32. The van der Waals surface area contributed by atoms with Crippen LogP contribution in [0.3, 0.4) is 0 Å². The van der Waals surface area contributed by atoms with Gasteiger partial charge in [-0.2, -0.15) is 5.10 Å². The van der Waals surface area contributed by atoms with Crippen molar-refractivity contribution in [2.24, 2.45) is 16.9 Å². The van der Waals surface area contributed by atoms with Crippen molar-refractivity contribution in [3.63, 3.8) is 0 Å². The van der Waals surface area contributed by atoms with Crippen LogP contribution in [0.15, 0.2) is 17.3 Å². The van der Waals surface area contributed by atoms with Crippen molar-refractivity contribution in [3.05, 3.63) is 12.2 Å². The maximum Gasteiger partial charge on any atom is 0.236 e. The first kappa shape index (κ1) is 7.53. The highest BCUT2D eigenvalue weighted by molar-refractivity contribution is 5.94. The Hall–Kier alpha value is -1.12. The molecule has 0 radical (unpaired) electrons. The molecule has 0 spiro atoms. The Labute approximate surface area is 71.5 Å². The Morgan fingerprint density at radius 3 is 3.25 bits per heavy atom. The van der Waals surface area contributed by atoms with Crippen LogP contribution in [-0.4, -0.2) is 11.6 Å². The fourth-order valence-electron chi connectivity index (χ4n) is 1.81. The van der Waals surface area contributed by atoms with Crippen molar-refractivity contribution in [2.75, 3.05) is 0 Å². The summed E-state index contributed by atoms with van der Waals surface area (Å²) in [5, 5.41) is 4.05. The molecular weight excluding hydrogens is 152 g/mol. The van der Waals surface area contributed by atoms with E-state index >= 15 is 0 Å². The fraction of sp³-hybridized carbons (Fsp3) is 0.556. The molecule has 0 aromatic carbocycles. The lowest BCUT2D eigenvalue weighted by Crippen LogP contribution is -2.35. The maximum absolute atomic E-state index is 10.5. The number of allylic oxidation sites excluding steroid dienone is 2. The van der Waals surface area contributed by atoms with Crippen LogP contribution in [0.4, 0.5) is 0 Å². The van der Waals surface area contributed by atoms with E-state index in [0.717, 1.165) is 18.6 Å². The van der Waals surface area contributed by atoms with E-state index in [1.807, 2.05) is 0 Å². The third-order valence-electron chi connectivity index (χ3n) is 2.52. The van der Waals surface area contributed by atoms with Gasteiger partial charge in [-0.25, -0.2) is 5.43 Å². The molecule has 64 valence electrons. The summed E-state index contributed by atoms with van der Waals surface area (Å²) in [5.74, 6) is 1.21. The predicted molar refractivity (Wildman–Crippen MR) is 46.6 cm³/mol. The second-order valence-electron chi connectivity index (χ2n) is 3.41. The van der Waals surface area contributed by atoms with Crippen molar-refractivity contribution in [2.45, 2.75) is 19.8 Å². The van der Waals surface area contributed by atoms with Crippen molar-refractivity contribution in [1.82, 2.24) is 5.43 Å². The van der Waals surface area contributed by atoms with Gasteiger partial charge in [0, 0.05) is 18.6 Å². The predicted octanol–water partition coefficient (Wildman–Crippen LogP) is 1.07. The molecular formula is C9H12N2O. The van der Waals surface area contributed by atoms with Crippen LogP contribution in [0.25, 0.3) is 0 Å². The zero-order chi connectivity index (χ0) is 8.55. The highest BCUT2D eigenvalue weighted by Gasteiger charge is 2.37. The largest absolute Gasteiger partial charge is 0.274 e. The van der Waals surface area contributed by atoms with Gasteiger partial charge in [0.25, 0.3) is 0 Å². The molecule has 1 amide bonds. The normalized spacial score (nSPS) is 34.6. The summed E-state index contributed by atoms with van der Waals surface area (Å²) in [5.41, 5.74) is 3.63. The van der Waals surface area contributed by atoms with E-state index in [1.165, 1.54) is 6.92 Å². The maximum atomic E-state index is 10.5. The van der Waals surface area contributed by atoms with Crippen molar-refractivity contribution in [1.29, 1.82) is 0 Å². The zero-order valence-electron chi connectivity index (χ0n) is 7.08. The minimum absolute atomic E-state index is 0.0862. The first-order chi connectivity index (χ1) is 5.77. The molecule has 2 aliphatic rings. The molecule has 0 bridgehead atoms. The summed E-state index contributed by atoms with van der Waals surface area (Å²) in [6.45, 7) is 1.48. The number of hydrogen-bond acceptors (Lipinski definition) is 2. The fourth-order valence-corrected chi connectivity index (χ4v) is 1.81. The van der Waals surface area contributed by atoms with Crippen LogP contribution in [-0.2, 0) is 4.79 Å². The van der Waals surface area contributed by atoms with Crippen molar-refractivity contribution in [3.8, 4) is 0 Å². The lowest BCUT2D eigenvalue weighted by molar-refractivity contribution is -0.118. The molecule has 0 aliphatic heterocycles. The van der Waals surface area contributed by atoms with Crippen LogP contribution in [0.2, 0.25) is 0 Å². The van der Waals surface area contributed by atoms with E-state index in [1.54, 1.807) is 0 Å². The van der Waals surface area contributed by atoms with Gasteiger partial charge in [0.15, 0.2) is 0 Å².